The van der Waals surface area contributed by atoms with Gasteiger partial charge in [0, 0.05) is 0 Å². The van der Waals surface area contributed by atoms with Crippen LogP contribution < -0.4 is 0 Å². The Balaban J connectivity index is 0.00000196. The molecule has 0 aliphatic heterocycles. The molecule has 0 spiro atoms. The van der Waals surface area contributed by atoms with Gasteiger partial charge in [-0.05, 0) is 26.7 Å². The van der Waals surface area contributed by atoms with Crippen LogP contribution >= 0.6 is 0 Å². The summed E-state index contributed by atoms with van der Waals surface area (Å²) in [7, 11) is 0. The van der Waals surface area contributed by atoms with Crippen molar-refractivity contribution >= 4 is 0 Å². The van der Waals surface area contributed by atoms with Crippen molar-refractivity contribution in [3.05, 3.63) is 47.1 Å². The smallest absolute Gasteiger partial charge is 0.269 e. The van der Waals surface area contributed by atoms with E-state index >= 15 is 0 Å². The zero-order chi connectivity index (χ0) is 10.6. The van der Waals surface area contributed by atoms with E-state index in [2.05, 4.69) is 58.1 Å². The van der Waals surface area contributed by atoms with E-state index in [1.54, 1.807) is 0 Å². The van der Waals surface area contributed by atoms with E-state index in [0.717, 1.165) is 6.42 Å². The maximum absolute atomic E-state index is 3.38. The van der Waals surface area contributed by atoms with Crippen molar-refractivity contribution in [2.45, 2.75) is 34.1 Å². The monoisotopic (exact) mass is 289 g/mol. The van der Waals surface area contributed by atoms with Crippen LogP contribution in [0.25, 0.3) is 0 Å². The minimum absolute atomic E-state index is 0. The number of rotatable bonds is 3. The van der Waals surface area contributed by atoms with Crippen LogP contribution in [-0.2, 0) is 19.5 Å². The van der Waals surface area contributed by atoms with Crippen LogP contribution in [0.4, 0.5) is 0 Å². The van der Waals surface area contributed by atoms with Crippen molar-refractivity contribution in [3.8, 4) is 0 Å². The molecule has 0 saturated heterocycles. The summed E-state index contributed by atoms with van der Waals surface area (Å²) >= 11 is 0. The van der Waals surface area contributed by atoms with E-state index in [0.29, 0.717) is 5.92 Å². The Morgan fingerprint density at radius 2 is 2.13 bits per heavy atom. The van der Waals surface area contributed by atoms with E-state index in [1.165, 1.54) is 16.7 Å². The van der Waals surface area contributed by atoms with Crippen LogP contribution in [0.2, 0.25) is 0 Å². The molecule has 0 N–H and O–H groups in total. The van der Waals surface area contributed by atoms with Crippen molar-refractivity contribution in [1.29, 1.82) is 0 Å². The topological polar surface area (TPSA) is 0 Å². The molecule has 0 aromatic carbocycles. The molecule has 0 nitrogen and oxygen atoms in total. The van der Waals surface area contributed by atoms with E-state index in [1.807, 2.05) is 0 Å². The summed E-state index contributed by atoms with van der Waals surface area (Å²) in [6, 6.07) is 0. The summed E-state index contributed by atoms with van der Waals surface area (Å²) in [5.41, 5.74) is 4.15. The third-order valence-corrected chi connectivity index (χ3v) is 2.88. The predicted molar refractivity (Wildman–Crippen MR) is 62.9 cm³/mol. The zero-order valence-corrected chi connectivity index (χ0v) is 11.7. The maximum Gasteiger partial charge on any atom is 1.00 e. The molecule has 0 fully saturated rings. The first-order valence-corrected chi connectivity index (χ1v) is 5.24. The Hall–Kier alpha value is -0.417. The Labute approximate surface area is 107 Å². The van der Waals surface area contributed by atoms with Crippen LogP contribution in [0.5, 0.6) is 0 Å². The first kappa shape index (κ1) is 14.6. The molecule has 0 bridgehead atoms. The minimum atomic E-state index is 0. The normalized spacial score (nSPS) is 18.5. The van der Waals surface area contributed by atoms with Gasteiger partial charge in [0.05, 0.1) is 0 Å². The maximum atomic E-state index is 3.38. The summed E-state index contributed by atoms with van der Waals surface area (Å²) in [4.78, 5) is 0. The average Bonchev–Trinajstić information content (AvgIpc) is 2.68. The molecule has 83 valence electrons. The summed E-state index contributed by atoms with van der Waals surface area (Å²) in [6.45, 7) is 8.69. The quantitative estimate of drug-likeness (QED) is 0.414. The fraction of sp³-hybridized carbons (Fsp3) is 0.429. The second-order valence-electron chi connectivity index (χ2n) is 3.83. The second-order valence-corrected chi connectivity index (χ2v) is 3.83. The third kappa shape index (κ3) is 3.91. The Bertz CT molecular complexity index is 316. The van der Waals surface area contributed by atoms with Crippen molar-refractivity contribution in [1.82, 2.24) is 0 Å². The Kier molecular flexibility index (Phi) is 6.76. The summed E-state index contributed by atoms with van der Waals surface area (Å²) in [6.07, 6.45) is 13.0. The van der Waals surface area contributed by atoms with Gasteiger partial charge in [-0.25, -0.2) is 11.6 Å². The third-order valence-electron chi connectivity index (χ3n) is 2.88. The van der Waals surface area contributed by atoms with Gasteiger partial charge in [-0.15, -0.1) is 6.42 Å². The first-order chi connectivity index (χ1) is 6.66. The molecule has 0 amide bonds. The average molecular weight is 288 g/mol. The van der Waals surface area contributed by atoms with Crippen molar-refractivity contribution in [2.75, 3.05) is 0 Å². The molecule has 0 aromatic heterocycles. The zero-order valence-electron chi connectivity index (χ0n) is 9.95. The van der Waals surface area contributed by atoms with E-state index in [9.17, 15) is 0 Å². The van der Waals surface area contributed by atoms with Gasteiger partial charge in [0.15, 0.2) is 0 Å². The molecule has 1 rings (SSSR count). The molecule has 0 heterocycles. The van der Waals surface area contributed by atoms with Crippen LogP contribution in [0, 0.1) is 12.0 Å². The Morgan fingerprint density at radius 3 is 2.60 bits per heavy atom. The van der Waals surface area contributed by atoms with Gasteiger partial charge < -0.3 is 0 Å². The van der Waals surface area contributed by atoms with Gasteiger partial charge in [-0.3, -0.25) is 6.08 Å². The summed E-state index contributed by atoms with van der Waals surface area (Å²) in [5.74, 6) is 0.505. The standard InChI is InChI=1S/C14H19.Ru/c1-5-8-11(2)12(3)13(4)14-9-6-7-10-14;/h5-6,8-9,13H,7H2,1-4H3;/q-1;+1. The number of hydrogen-bond acceptors (Lipinski definition) is 0. The van der Waals surface area contributed by atoms with E-state index in [4.69, 9.17) is 0 Å². The molecule has 0 saturated carbocycles. The van der Waals surface area contributed by atoms with Gasteiger partial charge in [-0.1, -0.05) is 30.2 Å². The first-order valence-electron chi connectivity index (χ1n) is 5.24. The SMILES string of the molecule is CC=CC(C)=C(C)C(C)C1=[C-]CC=C1.[Ru+]. The molecule has 1 unspecified atom stereocenters. The van der Waals surface area contributed by atoms with Crippen LogP contribution in [-0.4, -0.2) is 0 Å². The largest absolute Gasteiger partial charge is 1.00 e. The molecule has 1 heteroatoms. The van der Waals surface area contributed by atoms with Crippen molar-refractivity contribution < 1.29 is 19.5 Å². The molecular formula is C14H19Ru. The van der Waals surface area contributed by atoms with Crippen LogP contribution in [0.1, 0.15) is 34.1 Å². The Morgan fingerprint density at radius 1 is 1.47 bits per heavy atom. The minimum Gasteiger partial charge on any atom is -0.269 e. The van der Waals surface area contributed by atoms with E-state index in [-0.39, 0.29) is 19.5 Å². The fourth-order valence-corrected chi connectivity index (χ4v) is 1.68. The predicted octanol–water partition coefficient (Wildman–Crippen LogP) is 4.22. The fourth-order valence-electron chi connectivity index (χ4n) is 1.68. The molecule has 15 heavy (non-hydrogen) atoms. The molecule has 0 aromatic rings. The van der Waals surface area contributed by atoms with Crippen LogP contribution in [0.3, 0.4) is 0 Å². The van der Waals surface area contributed by atoms with Gasteiger partial charge in [0.2, 0.25) is 0 Å². The molecule has 1 aliphatic rings. The molecule has 1 radical (unpaired) electrons. The number of allylic oxidation sites excluding steroid dienone is 8. The second kappa shape index (κ2) is 6.96. The van der Waals surface area contributed by atoms with Gasteiger partial charge in [0.1, 0.15) is 0 Å². The van der Waals surface area contributed by atoms with E-state index < -0.39 is 0 Å². The number of hydrogen-bond donors (Lipinski definition) is 0. The molecule has 1 atom stereocenters. The van der Waals surface area contributed by atoms with Crippen molar-refractivity contribution in [3.63, 3.8) is 0 Å². The van der Waals surface area contributed by atoms with Gasteiger partial charge >= 0.3 is 19.5 Å². The van der Waals surface area contributed by atoms with Crippen molar-refractivity contribution in [2.24, 2.45) is 5.92 Å². The van der Waals surface area contributed by atoms with Gasteiger partial charge in [0.25, 0.3) is 0 Å². The van der Waals surface area contributed by atoms with Crippen LogP contribution in [0.15, 0.2) is 41.0 Å². The summed E-state index contributed by atoms with van der Waals surface area (Å²) in [5, 5.41) is 0. The molecule has 1 aliphatic carbocycles. The summed E-state index contributed by atoms with van der Waals surface area (Å²) < 4.78 is 0. The van der Waals surface area contributed by atoms with Gasteiger partial charge in [-0.2, -0.15) is 6.08 Å². The molecular weight excluding hydrogens is 269 g/mol.